The van der Waals surface area contributed by atoms with Crippen LogP contribution in [0.5, 0.6) is 0 Å². The lowest BCUT2D eigenvalue weighted by Gasteiger charge is -2.04. The molecule has 0 aliphatic heterocycles. The second-order valence-corrected chi connectivity index (χ2v) is 10.2. The predicted octanol–water partition coefficient (Wildman–Crippen LogP) is 5.89. The van der Waals surface area contributed by atoms with Crippen molar-refractivity contribution in [3.63, 3.8) is 0 Å². The molecule has 0 atom stereocenters. The van der Waals surface area contributed by atoms with Crippen molar-refractivity contribution in [3.05, 3.63) is 89.8 Å². The maximum atomic E-state index is 13.3. The molecule has 0 fully saturated rings. The zero-order chi connectivity index (χ0) is 21.3. The predicted molar refractivity (Wildman–Crippen MR) is 118 cm³/mol. The fraction of sp³-hybridized carbons (Fsp3) is 0.0455. The summed E-state index contributed by atoms with van der Waals surface area (Å²) < 4.78 is 38.5. The topological polar surface area (TPSA) is 52.0 Å². The van der Waals surface area contributed by atoms with Gasteiger partial charge in [0.25, 0.3) is 0 Å². The Morgan fingerprint density at radius 1 is 0.933 bits per heavy atom. The number of rotatable bonds is 5. The van der Waals surface area contributed by atoms with Crippen LogP contribution in [0.25, 0.3) is 16.9 Å². The second-order valence-electron chi connectivity index (χ2n) is 6.62. The van der Waals surface area contributed by atoms with Crippen molar-refractivity contribution in [2.75, 3.05) is 6.26 Å². The zero-order valence-electron chi connectivity index (χ0n) is 15.8. The van der Waals surface area contributed by atoms with E-state index in [4.69, 9.17) is 11.6 Å². The highest BCUT2D eigenvalue weighted by Crippen LogP contribution is 2.36. The highest BCUT2D eigenvalue weighted by Gasteiger charge is 2.15. The van der Waals surface area contributed by atoms with Crippen molar-refractivity contribution in [1.29, 1.82) is 0 Å². The van der Waals surface area contributed by atoms with Crippen LogP contribution in [0.15, 0.2) is 93.7 Å². The van der Waals surface area contributed by atoms with E-state index in [0.717, 1.165) is 15.4 Å². The highest BCUT2D eigenvalue weighted by atomic mass is 35.5. The van der Waals surface area contributed by atoms with Gasteiger partial charge in [0.2, 0.25) is 0 Å². The summed E-state index contributed by atoms with van der Waals surface area (Å²) in [5, 5.41) is 5.33. The van der Waals surface area contributed by atoms with Gasteiger partial charge in [0, 0.05) is 27.9 Å². The van der Waals surface area contributed by atoms with E-state index in [9.17, 15) is 12.8 Å². The molecule has 1 aromatic heterocycles. The van der Waals surface area contributed by atoms with Crippen LogP contribution in [0.4, 0.5) is 4.39 Å². The number of benzene rings is 3. The Morgan fingerprint density at radius 3 is 2.17 bits per heavy atom. The van der Waals surface area contributed by atoms with E-state index in [-0.39, 0.29) is 10.7 Å². The van der Waals surface area contributed by atoms with Gasteiger partial charge in [-0.15, -0.1) is 0 Å². The monoisotopic (exact) mass is 458 g/mol. The van der Waals surface area contributed by atoms with Gasteiger partial charge in [0.05, 0.1) is 15.5 Å². The molecule has 1 heterocycles. The van der Waals surface area contributed by atoms with Gasteiger partial charge in [-0.05, 0) is 60.7 Å². The van der Waals surface area contributed by atoms with Crippen LogP contribution < -0.4 is 0 Å². The molecule has 0 N–H and O–H groups in total. The first-order chi connectivity index (χ1) is 14.3. The molecule has 0 saturated carbocycles. The molecule has 30 heavy (non-hydrogen) atoms. The number of aromatic nitrogens is 2. The van der Waals surface area contributed by atoms with Gasteiger partial charge in [0.1, 0.15) is 11.5 Å². The van der Waals surface area contributed by atoms with E-state index in [2.05, 4.69) is 5.10 Å². The Kier molecular flexibility index (Phi) is 5.69. The van der Waals surface area contributed by atoms with Gasteiger partial charge in [-0.3, -0.25) is 0 Å². The first kappa shape index (κ1) is 20.7. The van der Waals surface area contributed by atoms with Crippen molar-refractivity contribution in [1.82, 2.24) is 9.78 Å². The van der Waals surface area contributed by atoms with Crippen molar-refractivity contribution < 1.29 is 12.8 Å². The summed E-state index contributed by atoms with van der Waals surface area (Å²) in [6, 6.07) is 20.1. The lowest BCUT2D eigenvalue weighted by molar-refractivity contribution is 0.602. The SMILES string of the molecule is CS(=O)(=O)c1ccc(-c2nn(-c3ccc(F)cc3)cc2Sc2ccc(Cl)cc2)cc1. The summed E-state index contributed by atoms with van der Waals surface area (Å²) in [5.41, 5.74) is 2.19. The van der Waals surface area contributed by atoms with E-state index >= 15 is 0 Å². The normalized spacial score (nSPS) is 11.6. The van der Waals surface area contributed by atoms with Crippen molar-refractivity contribution >= 4 is 33.2 Å². The third-order valence-electron chi connectivity index (χ3n) is 4.37. The minimum Gasteiger partial charge on any atom is -0.239 e. The molecule has 4 nitrogen and oxygen atoms in total. The number of halogens is 2. The summed E-state index contributed by atoms with van der Waals surface area (Å²) in [5.74, 6) is -0.321. The smallest absolute Gasteiger partial charge is 0.175 e. The fourth-order valence-corrected chi connectivity index (χ4v) is 4.54. The largest absolute Gasteiger partial charge is 0.239 e. The van der Waals surface area contributed by atoms with Gasteiger partial charge in [-0.1, -0.05) is 35.5 Å². The second kappa shape index (κ2) is 8.26. The average Bonchev–Trinajstić information content (AvgIpc) is 3.13. The van der Waals surface area contributed by atoms with Gasteiger partial charge < -0.3 is 0 Å². The summed E-state index contributed by atoms with van der Waals surface area (Å²) >= 11 is 7.50. The minimum absolute atomic E-state index is 0.246. The van der Waals surface area contributed by atoms with Gasteiger partial charge >= 0.3 is 0 Å². The van der Waals surface area contributed by atoms with Gasteiger partial charge in [0.15, 0.2) is 9.84 Å². The van der Waals surface area contributed by atoms with Crippen LogP contribution in [-0.4, -0.2) is 24.5 Å². The molecule has 0 spiro atoms. The van der Waals surface area contributed by atoms with Gasteiger partial charge in [-0.2, -0.15) is 5.10 Å². The molecule has 4 rings (SSSR count). The summed E-state index contributed by atoms with van der Waals surface area (Å²) in [6.07, 6.45) is 3.04. The summed E-state index contributed by atoms with van der Waals surface area (Å²) in [6.45, 7) is 0. The van der Waals surface area contributed by atoms with Crippen LogP contribution in [0.1, 0.15) is 0 Å². The van der Waals surface area contributed by atoms with E-state index in [1.807, 2.05) is 30.5 Å². The van der Waals surface area contributed by atoms with Crippen LogP contribution in [0, 0.1) is 5.82 Å². The molecule has 0 amide bonds. The van der Waals surface area contributed by atoms with Crippen molar-refractivity contribution in [2.45, 2.75) is 14.7 Å². The quantitative estimate of drug-likeness (QED) is 0.374. The molecule has 152 valence electrons. The maximum Gasteiger partial charge on any atom is 0.175 e. The molecule has 0 radical (unpaired) electrons. The van der Waals surface area contributed by atoms with Crippen LogP contribution in [-0.2, 0) is 9.84 Å². The van der Waals surface area contributed by atoms with E-state index in [1.54, 1.807) is 41.1 Å². The van der Waals surface area contributed by atoms with E-state index in [0.29, 0.717) is 16.4 Å². The van der Waals surface area contributed by atoms with E-state index in [1.165, 1.54) is 30.2 Å². The number of hydrogen-bond acceptors (Lipinski definition) is 4. The maximum absolute atomic E-state index is 13.3. The average molecular weight is 459 g/mol. The Morgan fingerprint density at radius 2 is 1.57 bits per heavy atom. The number of hydrogen-bond donors (Lipinski definition) is 0. The number of sulfone groups is 1. The Bertz CT molecular complexity index is 1280. The third kappa shape index (κ3) is 4.59. The summed E-state index contributed by atoms with van der Waals surface area (Å²) in [4.78, 5) is 2.09. The first-order valence-corrected chi connectivity index (χ1v) is 12.0. The highest BCUT2D eigenvalue weighted by molar-refractivity contribution is 7.99. The Hall–Kier alpha value is -2.61. The molecular weight excluding hydrogens is 443 g/mol. The molecule has 3 aromatic carbocycles. The van der Waals surface area contributed by atoms with Crippen LogP contribution >= 0.6 is 23.4 Å². The lowest BCUT2D eigenvalue weighted by Crippen LogP contribution is -1.97. The van der Waals surface area contributed by atoms with Crippen LogP contribution in [0.2, 0.25) is 5.02 Å². The fourth-order valence-electron chi connectivity index (χ4n) is 2.85. The molecule has 4 aromatic rings. The lowest BCUT2D eigenvalue weighted by atomic mass is 10.2. The molecule has 0 aliphatic carbocycles. The summed E-state index contributed by atoms with van der Waals surface area (Å²) in [7, 11) is -3.29. The molecular formula is C22H16ClFN2O2S2. The van der Waals surface area contributed by atoms with Crippen LogP contribution in [0.3, 0.4) is 0 Å². The van der Waals surface area contributed by atoms with Crippen molar-refractivity contribution in [3.8, 4) is 16.9 Å². The molecule has 0 aliphatic rings. The molecule has 0 bridgehead atoms. The molecule has 0 saturated heterocycles. The van der Waals surface area contributed by atoms with Crippen molar-refractivity contribution in [2.24, 2.45) is 0 Å². The third-order valence-corrected chi connectivity index (χ3v) is 6.78. The first-order valence-electron chi connectivity index (χ1n) is 8.89. The molecule has 8 heteroatoms. The molecule has 0 unspecified atom stereocenters. The Balaban J connectivity index is 1.78. The van der Waals surface area contributed by atoms with E-state index < -0.39 is 9.84 Å². The number of nitrogens with zero attached hydrogens (tertiary/aromatic N) is 2. The van der Waals surface area contributed by atoms with Gasteiger partial charge in [-0.25, -0.2) is 17.5 Å². The Labute approximate surface area is 183 Å². The standard InChI is InChI=1S/C22H16ClFN2O2S2/c1-30(27,28)20-12-2-15(3-13-20)22-21(29-19-10-4-16(23)5-11-19)14-26(25-22)18-8-6-17(24)7-9-18/h2-14H,1H3. The zero-order valence-corrected chi connectivity index (χ0v) is 18.2. The minimum atomic E-state index is -3.29.